The summed E-state index contributed by atoms with van der Waals surface area (Å²) in [5.74, 6) is 0.545. The van der Waals surface area contributed by atoms with Crippen LogP contribution in [0.1, 0.15) is 27.8 Å². The lowest BCUT2D eigenvalue weighted by Crippen LogP contribution is -1.88. The zero-order chi connectivity index (χ0) is 16.9. The van der Waals surface area contributed by atoms with Gasteiger partial charge in [0.1, 0.15) is 0 Å². The molecule has 0 aliphatic carbocycles. The van der Waals surface area contributed by atoms with Gasteiger partial charge in [0.15, 0.2) is 0 Å². The minimum absolute atomic E-state index is 0.545. The second-order valence-electron chi connectivity index (χ2n) is 6.04. The highest BCUT2D eigenvalue weighted by atomic mass is 35.5. The molecule has 0 nitrogen and oxygen atoms in total. The van der Waals surface area contributed by atoms with Gasteiger partial charge in [0.25, 0.3) is 0 Å². The van der Waals surface area contributed by atoms with Crippen molar-refractivity contribution in [3.63, 3.8) is 0 Å². The fourth-order valence-corrected chi connectivity index (χ4v) is 3.06. The molecule has 0 N–H and O–H groups in total. The topological polar surface area (TPSA) is 0 Å². The second kappa shape index (κ2) is 7.51. The standard InChI is InChI=1S/C23H21Cl/c1-17-11-12-19(16-24)15-22(17)14-13-20-9-6-10-23(18(20)2)21-7-4-3-5-8-21/h3-15H,16H2,1-2H3/b14-13+. The maximum atomic E-state index is 5.96. The average Bonchev–Trinajstić information content (AvgIpc) is 2.63. The Morgan fingerprint density at radius 2 is 1.54 bits per heavy atom. The number of aryl methyl sites for hydroxylation is 1. The monoisotopic (exact) mass is 332 g/mol. The highest BCUT2D eigenvalue weighted by Crippen LogP contribution is 2.27. The molecule has 0 heterocycles. The Morgan fingerprint density at radius 1 is 0.792 bits per heavy atom. The van der Waals surface area contributed by atoms with Crippen LogP contribution in [0.25, 0.3) is 23.3 Å². The summed E-state index contributed by atoms with van der Waals surface area (Å²) in [6.07, 6.45) is 4.38. The van der Waals surface area contributed by atoms with Gasteiger partial charge >= 0.3 is 0 Å². The third-order valence-corrected chi connectivity index (χ3v) is 4.71. The summed E-state index contributed by atoms with van der Waals surface area (Å²) in [7, 11) is 0. The highest BCUT2D eigenvalue weighted by Gasteiger charge is 2.04. The number of benzene rings is 3. The van der Waals surface area contributed by atoms with Crippen molar-refractivity contribution in [2.24, 2.45) is 0 Å². The van der Waals surface area contributed by atoms with E-state index in [0.29, 0.717) is 5.88 Å². The molecular weight excluding hydrogens is 312 g/mol. The first-order valence-corrected chi connectivity index (χ1v) is 8.71. The Bertz CT molecular complexity index is 860. The first kappa shape index (κ1) is 16.5. The van der Waals surface area contributed by atoms with Gasteiger partial charge < -0.3 is 0 Å². The molecule has 0 aliphatic heterocycles. The third-order valence-electron chi connectivity index (χ3n) is 4.40. The van der Waals surface area contributed by atoms with Crippen LogP contribution < -0.4 is 0 Å². The third kappa shape index (κ3) is 3.60. The zero-order valence-electron chi connectivity index (χ0n) is 14.1. The van der Waals surface area contributed by atoms with Gasteiger partial charge in [-0.1, -0.05) is 78.9 Å². The minimum atomic E-state index is 0.545. The average molecular weight is 333 g/mol. The molecular formula is C23H21Cl. The van der Waals surface area contributed by atoms with Crippen LogP contribution >= 0.6 is 11.6 Å². The van der Waals surface area contributed by atoms with E-state index in [4.69, 9.17) is 11.6 Å². The van der Waals surface area contributed by atoms with Crippen LogP contribution in [0.5, 0.6) is 0 Å². The second-order valence-corrected chi connectivity index (χ2v) is 6.31. The molecule has 0 radical (unpaired) electrons. The van der Waals surface area contributed by atoms with Crippen molar-refractivity contribution in [3.05, 3.63) is 94.5 Å². The fourth-order valence-electron chi connectivity index (χ4n) is 2.90. The van der Waals surface area contributed by atoms with Crippen molar-refractivity contribution in [1.82, 2.24) is 0 Å². The molecule has 0 aliphatic rings. The van der Waals surface area contributed by atoms with Gasteiger partial charge in [0, 0.05) is 5.88 Å². The molecule has 0 saturated heterocycles. The zero-order valence-corrected chi connectivity index (χ0v) is 14.8. The van der Waals surface area contributed by atoms with E-state index in [-0.39, 0.29) is 0 Å². The van der Waals surface area contributed by atoms with Crippen LogP contribution in [-0.4, -0.2) is 0 Å². The normalized spacial score (nSPS) is 11.1. The van der Waals surface area contributed by atoms with E-state index < -0.39 is 0 Å². The quantitative estimate of drug-likeness (QED) is 0.361. The van der Waals surface area contributed by atoms with E-state index in [9.17, 15) is 0 Å². The van der Waals surface area contributed by atoms with Gasteiger partial charge in [-0.3, -0.25) is 0 Å². The molecule has 24 heavy (non-hydrogen) atoms. The molecule has 0 atom stereocenters. The molecule has 0 spiro atoms. The highest BCUT2D eigenvalue weighted by molar-refractivity contribution is 6.17. The van der Waals surface area contributed by atoms with Crippen molar-refractivity contribution in [3.8, 4) is 11.1 Å². The van der Waals surface area contributed by atoms with Gasteiger partial charge in [-0.05, 0) is 52.8 Å². The lowest BCUT2D eigenvalue weighted by molar-refractivity contribution is 1.34. The van der Waals surface area contributed by atoms with E-state index in [2.05, 4.69) is 92.7 Å². The largest absolute Gasteiger partial charge is 0.122 e. The summed E-state index contributed by atoms with van der Waals surface area (Å²) in [6.45, 7) is 4.31. The Morgan fingerprint density at radius 3 is 2.29 bits per heavy atom. The van der Waals surface area contributed by atoms with Gasteiger partial charge in [0.05, 0.1) is 0 Å². The SMILES string of the molecule is Cc1ccc(CCl)cc1/C=C/c1cccc(-c2ccccc2)c1C. The molecule has 0 aromatic heterocycles. The fraction of sp³-hybridized carbons (Fsp3) is 0.130. The minimum Gasteiger partial charge on any atom is -0.122 e. The van der Waals surface area contributed by atoms with Crippen LogP contribution in [0.3, 0.4) is 0 Å². The number of alkyl halides is 1. The summed E-state index contributed by atoms with van der Waals surface area (Å²) in [5.41, 5.74) is 8.71. The number of hydrogen-bond acceptors (Lipinski definition) is 0. The van der Waals surface area contributed by atoms with E-state index in [1.807, 2.05) is 0 Å². The van der Waals surface area contributed by atoms with Crippen LogP contribution in [0.4, 0.5) is 0 Å². The van der Waals surface area contributed by atoms with Crippen LogP contribution in [-0.2, 0) is 5.88 Å². The molecule has 120 valence electrons. The lowest BCUT2D eigenvalue weighted by atomic mass is 9.95. The summed E-state index contributed by atoms with van der Waals surface area (Å²) < 4.78 is 0. The van der Waals surface area contributed by atoms with Gasteiger partial charge in [-0.2, -0.15) is 0 Å². The molecule has 3 aromatic rings. The van der Waals surface area contributed by atoms with Crippen LogP contribution in [0, 0.1) is 13.8 Å². The number of halogens is 1. The molecule has 3 aromatic carbocycles. The number of rotatable bonds is 4. The smallest absolute Gasteiger partial charge is 0.0474 e. The van der Waals surface area contributed by atoms with E-state index in [1.54, 1.807) is 0 Å². The Balaban J connectivity index is 1.97. The molecule has 0 bridgehead atoms. The summed E-state index contributed by atoms with van der Waals surface area (Å²) in [4.78, 5) is 0. The first-order chi connectivity index (χ1) is 11.7. The Labute approximate surface area is 149 Å². The van der Waals surface area contributed by atoms with E-state index in [1.165, 1.54) is 33.4 Å². The molecule has 0 unspecified atom stereocenters. The van der Waals surface area contributed by atoms with Crippen molar-refractivity contribution in [1.29, 1.82) is 0 Å². The van der Waals surface area contributed by atoms with E-state index in [0.717, 1.165) is 5.56 Å². The molecule has 1 heteroatoms. The van der Waals surface area contributed by atoms with E-state index >= 15 is 0 Å². The van der Waals surface area contributed by atoms with Crippen LogP contribution in [0.15, 0.2) is 66.7 Å². The molecule has 0 saturated carbocycles. The van der Waals surface area contributed by atoms with Crippen molar-refractivity contribution in [2.45, 2.75) is 19.7 Å². The number of hydrogen-bond donors (Lipinski definition) is 0. The maximum absolute atomic E-state index is 5.96. The van der Waals surface area contributed by atoms with Gasteiger partial charge in [-0.25, -0.2) is 0 Å². The predicted octanol–water partition coefficient (Wildman–Crippen LogP) is 6.88. The summed E-state index contributed by atoms with van der Waals surface area (Å²) >= 11 is 5.96. The van der Waals surface area contributed by atoms with Crippen molar-refractivity contribution in [2.75, 3.05) is 0 Å². The predicted molar refractivity (Wildman–Crippen MR) is 106 cm³/mol. The maximum Gasteiger partial charge on any atom is 0.0474 e. The first-order valence-electron chi connectivity index (χ1n) is 8.17. The Kier molecular flexibility index (Phi) is 5.17. The van der Waals surface area contributed by atoms with Gasteiger partial charge in [0.2, 0.25) is 0 Å². The molecule has 3 rings (SSSR count). The summed E-state index contributed by atoms with van der Waals surface area (Å²) in [6, 6.07) is 23.4. The lowest BCUT2D eigenvalue weighted by Gasteiger charge is -2.09. The van der Waals surface area contributed by atoms with Gasteiger partial charge in [-0.15, -0.1) is 11.6 Å². The van der Waals surface area contributed by atoms with Crippen LogP contribution in [0.2, 0.25) is 0 Å². The Hall–Kier alpha value is -2.31. The van der Waals surface area contributed by atoms with Crippen molar-refractivity contribution < 1.29 is 0 Å². The van der Waals surface area contributed by atoms with Crippen molar-refractivity contribution >= 4 is 23.8 Å². The molecule has 0 fully saturated rings. The summed E-state index contributed by atoms with van der Waals surface area (Å²) in [5, 5.41) is 0. The molecule has 0 amide bonds.